The molecule has 0 aromatic rings. The lowest BCUT2D eigenvalue weighted by Gasteiger charge is -2.41. The highest BCUT2D eigenvalue weighted by atomic mass is 16.6. The van der Waals surface area contributed by atoms with E-state index in [0.717, 1.165) is 0 Å². The fraction of sp³-hybridized carbons (Fsp3) is 0.714. The van der Waals surface area contributed by atoms with Gasteiger partial charge in [0, 0.05) is 24.7 Å². The SMILES string of the molecule is CC=C(C)C(=O)O[C@H]1CC[N+]2([O-])CC=C(COC(=O)[C@@](O)([C@@H](C)OC)C(C)(C)O)[C@H]12. The van der Waals surface area contributed by atoms with Gasteiger partial charge in [-0.3, -0.25) is 0 Å². The van der Waals surface area contributed by atoms with Crippen molar-refractivity contribution in [2.45, 2.75) is 70.5 Å². The lowest BCUT2D eigenvalue weighted by molar-refractivity contribution is -0.877. The Balaban J connectivity index is 2.14. The number of esters is 2. The summed E-state index contributed by atoms with van der Waals surface area (Å²) in [5.74, 6) is -1.54. The summed E-state index contributed by atoms with van der Waals surface area (Å²) >= 11 is 0. The topological polar surface area (TPSA) is 125 Å². The van der Waals surface area contributed by atoms with Crippen molar-refractivity contribution in [2.24, 2.45) is 0 Å². The van der Waals surface area contributed by atoms with Gasteiger partial charge in [-0.2, -0.15) is 0 Å². The van der Waals surface area contributed by atoms with Crippen molar-refractivity contribution in [3.63, 3.8) is 0 Å². The Labute approximate surface area is 177 Å². The van der Waals surface area contributed by atoms with Gasteiger partial charge in [-0.25, -0.2) is 9.59 Å². The zero-order valence-corrected chi connectivity index (χ0v) is 18.5. The molecule has 2 rings (SSSR count). The molecule has 2 heterocycles. The van der Waals surface area contributed by atoms with Crippen LogP contribution in [0.5, 0.6) is 0 Å². The van der Waals surface area contributed by atoms with Crippen LogP contribution in [-0.2, 0) is 23.8 Å². The third-order valence-electron chi connectivity index (χ3n) is 6.26. The molecular weight excluding hydrogens is 394 g/mol. The molecular formula is C21H33NO8. The van der Waals surface area contributed by atoms with E-state index in [4.69, 9.17) is 14.2 Å². The molecule has 9 heteroatoms. The first-order chi connectivity index (χ1) is 13.8. The van der Waals surface area contributed by atoms with E-state index in [-0.39, 0.29) is 13.2 Å². The second kappa shape index (κ2) is 8.76. The van der Waals surface area contributed by atoms with Gasteiger partial charge >= 0.3 is 11.9 Å². The molecule has 1 fully saturated rings. The van der Waals surface area contributed by atoms with Gasteiger partial charge in [0.2, 0.25) is 5.60 Å². The summed E-state index contributed by atoms with van der Waals surface area (Å²) in [6.07, 6.45) is 2.08. The van der Waals surface area contributed by atoms with Crippen LogP contribution < -0.4 is 0 Å². The third kappa shape index (κ3) is 4.31. The van der Waals surface area contributed by atoms with Crippen molar-refractivity contribution >= 4 is 11.9 Å². The third-order valence-corrected chi connectivity index (χ3v) is 6.26. The quantitative estimate of drug-likeness (QED) is 0.193. The number of aliphatic hydroxyl groups is 2. The zero-order chi connectivity index (χ0) is 22.9. The molecule has 1 saturated heterocycles. The maximum absolute atomic E-state index is 13.1. The van der Waals surface area contributed by atoms with Gasteiger partial charge in [-0.15, -0.1) is 0 Å². The molecule has 0 bridgehead atoms. The maximum Gasteiger partial charge on any atom is 0.344 e. The number of methoxy groups -OCH3 is 1. The second-order valence-electron chi connectivity index (χ2n) is 8.57. The van der Waals surface area contributed by atoms with Crippen LogP contribution in [-0.4, -0.2) is 83.1 Å². The minimum atomic E-state index is -2.31. The average molecular weight is 427 g/mol. The molecule has 0 aromatic heterocycles. The Bertz CT molecular complexity index is 740. The maximum atomic E-state index is 13.1. The van der Waals surface area contributed by atoms with Crippen molar-refractivity contribution in [2.75, 3.05) is 26.8 Å². The van der Waals surface area contributed by atoms with Crippen LogP contribution in [0.25, 0.3) is 0 Å². The summed E-state index contributed by atoms with van der Waals surface area (Å²) in [6, 6.07) is -0.665. The standard InChI is InChI=1S/C21H33NO8/c1-7-13(2)18(23)30-16-9-11-22(27)10-8-15(17(16)22)12-29-19(24)21(26,14(3)28-6)20(4,5)25/h7-8,14,16-17,25-26H,9-12H2,1-6H3/t14-,16+,17-,21+,22?/m1/s1. The fourth-order valence-electron chi connectivity index (χ4n) is 4.04. The minimum absolute atomic E-state index is 0.193. The average Bonchev–Trinajstić information content (AvgIpc) is 3.18. The summed E-state index contributed by atoms with van der Waals surface area (Å²) in [6.45, 7) is 7.62. The van der Waals surface area contributed by atoms with Crippen molar-refractivity contribution in [3.8, 4) is 0 Å². The molecule has 5 atom stereocenters. The van der Waals surface area contributed by atoms with E-state index in [1.54, 1.807) is 26.0 Å². The summed E-state index contributed by atoms with van der Waals surface area (Å²) in [4.78, 5) is 24.9. The monoisotopic (exact) mass is 427 g/mol. The van der Waals surface area contributed by atoms with Gasteiger partial charge in [-0.05, 0) is 40.7 Å². The van der Waals surface area contributed by atoms with Crippen LogP contribution in [0.15, 0.2) is 23.3 Å². The predicted octanol–water partition coefficient (Wildman–Crippen LogP) is 0.971. The molecule has 170 valence electrons. The number of quaternary nitrogens is 1. The highest BCUT2D eigenvalue weighted by Gasteiger charge is 2.56. The molecule has 2 aliphatic rings. The highest BCUT2D eigenvalue weighted by molar-refractivity contribution is 5.87. The first kappa shape index (κ1) is 24.5. The number of carbonyl (C=O) groups excluding carboxylic acids is 2. The Morgan fingerprint density at radius 3 is 2.57 bits per heavy atom. The van der Waals surface area contributed by atoms with Gasteiger partial charge < -0.3 is 34.3 Å². The van der Waals surface area contributed by atoms with Crippen molar-refractivity contribution in [3.05, 3.63) is 28.5 Å². The van der Waals surface area contributed by atoms with E-state index >= 15 is 0 Å². The number of hydrogen-bond acceptors (Lipinski definition) is 8. The van der Waals surface area contributed by atoms with Crippen molar-refractivity contribution in [1.29, 1.82) is 0 Å². The Hall–Kier alpha value is -1.78. The predicted molar refractivity (Wildman–Crippen MR) is 108 cm³/mol. The zero-order valence-electron chi connectivity index (χ0n) is 18.5. The largest absolute Gasteiger partial charge is 0.632 e. The number of hydrogen-bond donors (Lipinski definition) is 2. The van der Waals surface area contributed by atoms with Crippen LogP contribution >= 0.6 is 0 Å². The lowest BCUT2D eigenvalue weighted by Crippen LogP contribution is -2.63. The summed E-state index contributed by atoms with van der Waals surface area (Å²) in [5.41, 5.74) is -3.16. The first-order valence-corrected chi connectivity index (χ1v) is 10.1. The molecule has 0 saturated carbocycles. The molecule has 0 radical (unpaired) electrons. The normalized spacial score (nSPS) is 29.6. The number of rotatable bonds is 8. The van der Waals surface area contributed by atoms with Crippen LogP contribution in [0.1, 0.15) is 41.0 Å². The van der Waals surface area contributed by atoms with Gasteiger partial charge in [0.25, 0.3) is 0 Å². The van der Waals surface area contributed by atoms with Gasteiger partial charge in [0.05, 0.1) is 19.2 Å². The molecule has 9 nitrogen and oxygen atoms in total. The number of allylic oxidation sites excluding steroid dienone is 1. The van der Waals surface area contributed by atoms with E-state index < -0.39 is 46.0 Å². The molecule has 0 aromatic carbocycles. The van der Waals surface area contributed by atoms with E-state index in [9.17, 15) is 25.0 Å². The molecule has 0 amide bonds. The number of nitrogens with zero attached hydrogens (tertiary/aromatic N) is 1. The number of hydroxylamine groups is 3. The second-order valence-corrected chi connectivity index (χ2v) is 8.57. The lowest BCUT2D eigenvalue weighted by atomic mass is 9.81. The van der Waals surface area contributed by atoms with Gasteiger partial charge in [-0.1, -0.05) is 6.08 Å². The number of ether oxygens (including phenoxy) is 3. The molecule has 0 spiro atoms. The van der Waals surface area contributed by atoms with E-state index in [0.29, 0.717) is 24.1 Å². The van der Waals surface area contributed by atoms with Crippen LogP contribution in [0.2, 0.25) is 0 Å². The first-order valence-electron chi connectivity index (χ1n) is 10.1. The van der Waals surface area contributed by atoms with Crippen LogP contribution in [0.4, 0.5) is 0 Å². The van der Waals surface area contributed by atoms with Crippen LogP contribution in [0, 0.1) is 5.21 Å². The van der Waals surface area contributed by atoms with Crippen molar-refractivity contribution in [1.82, 2.24) is 0 Å². The summed E-state index contributed by atoms with van der Waals surface area (Å²) in [7, 11) is 1.31. The highest BCUT2D eigenvalue weighted by Crippen LogP contribution is 2.38. The van der Waals surface area contributed by atoms with E-state index in [1.807, 2.05) is 0 Å². The summed E-state index contributed by atoms with van der Waals surface area (Å²) in [5, 5.41) is 34.3. The smallest absolute Gasteiger partial charge is 0.344 e. The fourth-order valence-corrected chi connectivity index (χ4v) is 4.04. The summed E-state index contributed by atoms with van der Waals surface area (Å²) < 4.78 is 15.4. The number of carbonyl (C=O) groups is 2. The Morgan fingerprint density at radius 2 is 2.03 bits per heavy atom. The minimum Gasteiger partial charge on any atom is -0.632 e. The molecule has 30 heavy (non-hydrogen) atoms. The number of fused-ring (bicyclic) bond motifs is 1. The van der Waals surface area contributed by atoms with Gasteiger partial charge in [0.15, 0.2) is 12.1 Å². The molecule has 0 aliphatic carbocycles. The molecule has 1 unspecified atom stereocenters. The van der Waals surface area contributed by atoms with Crippen LogP contribution in [0.3, 0.4) is 0 Å². The van der Waals surface area contributed by atoms with E-state index in [1.165, 1.54) is 27.9 Å². The Kier molecular flexibility index (Phi) is 7.15. The Morgan fingerprint density at radius 1 is 1.40 bits per heavy atom. The van der Waals surface area contributed by atoms with Gasteiger partial charge in [0.1, 0.15) is 12.2 Å². The molecule has 2 aliphatic heterocycles. The molecule has 2 N–H and O–H groups in total. The van der Waals surface area contributed by atoms with Crippen molar-refractivity contribution < 1.29 is 38.7 Å². The van der Waals surface area contributed by atoms with E-state index in [2.05, 4.69) is 0 Å².